The molecule has 1 aromatic carbocycles. The molecule has 0 saturated carbocycles. The number of carbonyl (C=O) groups is 1. The zero-order valence-electron chi connectivity index (χ0n) is 7.21. The first-order valence-electron chi connectivity index (χ1n) is 3.73. The Kier molecular flexibility index (Phi) is 2.80. The molecule has 2 nitrogen and oxygen atoms in total. The standard InChI is InChI=1S/C10H9FO2/c1-7(13-8(2)12)9-4-3-5-10(11)6-9/h3-6H,1H2,2H3. The van der Waals surface area contributed by atoms with Gasteiger partial charge in [0.1, 0.15) is 11.6 Å². The van der Waals surface area contributed by atoms with E-state index in [2.05, 4.69) is 6.58 Å². The van der Waals surface area contributed by atoms with Crippen molar-refractivity contribution in [3.63, 3.8) is 0 Å². The Morgan fingerprint density at radius 1 is 1.54 bits per heavy atom. The fourth-order valence-corrected chi connectivity index (χ4v) is 0.894. The summed E-state index contributed by atoms with van der Waals surface area (Å²) in [4.78, 5) is 10.5. The first-order valence-corrected chi connectivity index (χ1v) is 3.73. The van der Waals surface area contributed by atoms with E-state index < -0.39 is 5.97 Å². The van der Waals surface area contributed by atoms with Gasteiger partial charge in [0.05, 0.1) is 0 Å². The maximum Gasteiger partial charge on any atom is 0.308 e. The predicted molar refractivity (Wildman–Crippen MR) is 47.2 cm³/mol. The van der Waals surface area contributed by atoms with Crippen LogP contribution < -0.4 is 0 Å². The summed E-state index contributed by atoms with van der Waals surface area (Å²) in [6, 6.07) is 5.71. The molecule has 0 aromatic heterocycles. The number of hydrogen-bond donors (Lipinski definition) is 0. The summed E-state index contributed by atoms with van der Waals surface area (Å²) in [7, 11) is 0. The van der Waals surface area contributed by atoms with Gasteiger partial charge in [-0.25, -0.2) is 4.39 Å². The fourth-order valence-electron chi connectivity index (χ4n) is 0.894. The quantitative estimate of drug-likeness (QED) is 0.516. The van der Waals surface area contributed by atoms with Crippen LogP contribution in [0, 0.1) is 5.82 Å². The molecule has 0 saturated heterocycles. The van der Waals surface area contributed by atoms with E-state index >= 15 is 0 Å². The van der Waals surface area contributed by atoms with Gasteiger partial charge in [0.2, 0.25) is 0 Å². The second-order valence-corrected chi connectivity index (χ2v) is 2.53. The van der Waals surface area contributed by atoms with Crippen LogP contribution in [0.15, 0.2) is 30.8 Å². The summed E-state index contributed by atoms with van der Waals surface area (Å²) in [5.41, 5.74) is 0.468. The Bertz CT molecular complexity index is 345. The third kappa shape index (κ3) is 2.71. The lowest BCUT2D eigenvalue weighted by Gasteiger charge is -2.04. The Morgan fingerprint density at radius 2 is 2.23 bits per heavy atom. The lowest BCUT2D eigenvalue weighted by atomic mass is 10.2. The molecule has 0 radical (unpaired) electrons. The molecule has 1 rings (SSSR count). The number of halogens is 1. The van der Waals surface area contributed by atoms with Crippen LogP contribution in [0.2, 0.25) is 0 Å². The van der Waals surface area contributed by atoms with Crippen molar-refractivity contribution in [1.82, 2.24) is 0 Å². The van der Waals surface area contributed by atoms with Crippen molar-refractivity contribution in [2.45, 2.75) is 6.92 Å². The smallest absolute Gasteiger partial charge is 0.308 e. The van der Waals surface area contributed by atoms with Crippen molar-refractivity contribution < 1.29 is 13.9 Å². The molecular weight excluding hydrogens is 171 g/mol. The van der Waals surface area contributed by atoms with E-state index in [1.807, 2.05) is 0 Å². The average molecular weight is 180 g/mol. The van der Waals surface area contributed by atoms with Crippen LogP contribution in [0.1, 0.15) is 12.5 Å². The molecule has 0 atom stereocenters. The molecule has 0 spiro atoms. The molecule has 3 heteroatoms. The summed E-state index contributed by atoms with van der Waals surface area (Å²) in [5, 5.41) is 0. The summed E-state index contributed by atoms with van der Waals surface area (Å²) >= 11 is 0. The molecule has 68 valence electrons. The number of rotatable bonds is 2. The van der Waals surface area contributed by atoms with E-state index in [0.29, 0.717) is 5.56 Å². The van der Waals surface area contributed by atoms with E-state index in [1.54, 1.807) is 6.07 Å². The Balaban J connectivity index is 2.83. The van der Waals surface area contributed by atoms with Crippen LogP contribution in [0.4, 0.5) is 4.39 Å². The average Bonchev–Trinajstić information content (AvgIpc) is 2.03. The molecule has 0 amide bonds. The topological polar surface area (TPSA) is 26.3 Å². The molecule has 0 unspecified atom stereocenters. The van der Waals surface area contributed by atoms with Crippen LogP contribution in [-0.2, 0) is 9.53 Å². The van der Waals surface area contributed by atoms with Crippen molar-refractivity contribution in [1.29, 1.82) is 0 Å². The van der Waals surface area contributed by atoms with E-state index in [-0.39, 0.29) is 11.6 Å². The normalized spacial score (nSPS) is 9.38. The number of esters is 1. The number of ether oxygens (including phenoxy) is 1. The van der Waals surface area contributed by atoms with Crippen LogP contribution >= 0.6 is 0 Å². The van der Waals surface area contributed by atoms with Gasteiger partial charge in [-0.3, -0.25) is 4.79 Å². The molecule has 0 bridgehead atoms. The summed E-state index contributed by atoms with van der Waals surface area (Å²) in [6.07, 6.45) is 0. The van der Waals surface area contributed by atoms with Gasteiger partial charge in [0.15, 0.2) is 0 Å². The molecule has 0 aliphatic rings. The van der Waals surface area contributed by atoms with Crippen LogP contribution in [0.5, 0.6) is 0 Å². The van der Waals surface area contributed by atoms with Crippen molar-refractivity contribution in [2.75, 3.05) is 0 Å². The first kappa shape index (κ1) is 9.45. The van der Waals surface area contributed by atoms with Gasteiger partial charge in [-0.05, 0) is 12.1 Å². The summed E-state index contributed by atoms with van der Waals surface area (Å²) in [5.74, 6) is -0.688. The third-order valence-corrected chi connectivity index (χ3v) is 1.41. The lowest BCUT2D eigenvalue weighted by Crippen LogP contribution is -1.97. The molecule has 0 aliphatic heterocycles. The van der Waals surface area contributed by atoms with Crippen LogP contribution in [0.3, 0.4) is 0 Å². The Labute approximate surface area is 75.6 Å². The van der Waals surface area contributed by atoms with Gasteiger partial charge in [0, 0.05) is 12.5 Å². The highest BCUT2D eigenvalue weighted by Gasteiger charge is 2.03. The van der Waals surface area contributed by atoms with E-state index in [4.69, 9.17) is 4.74 Å². The minimum absolute atomic E-state index is 0.159. The van der Waals surface area contributed by atoms with Crippen molar-refractivity contribution in [2.24, 2.45) is 0 Å². The zero-order chi connectivity index (χ0) is 9.84. The minimum atomic E-state index is -0.464. The Hall–Kier alpha value is -1.64. The largest absolute Gasteiger partial charge is 0.427 e. The SMILES string of the molecule is C=C(OC(C)=O)c1cccc(F)c1. The highest BCUT2D eigenvalue weighted by atomic mass is 19.1. The third-order valence-electron chi connectivity index (χ3n) is 1.41. The number of carbonyl (C=O) groups excluding carboxylic acids is 1. The molecule has 0 fully saturated rings. The predicted octanol–water partition coefficient (Wildman–Crippen LogP) is 2.36. The Morgan fingerprint density at radius 3 is 2.77 bits per heavy atom. The number of hydrogen-bond acceptors (Lipinski definition) is 2. The van der Waals surface area contributed by atoms with Gasteiger partial charge in [-0.2, -0.15) is 0 Å². The van der Waals surface area contributed by atoms with Crippen molar-refractivity contribution in [3.05, 3.63) is 42.2 Å². The van der Waals surface area contributed by atoms with Crippen molar-refractivity contribution >= 4 is 11.7 Å². The van der Waals surface area contributed by atoms with Crippen LogP contribution in [-0.4, -0.2) is 5.97 Å². The zero-order valence-corrected chi connectivity index (χ0v) is 7.21. The van der Waals surface area contributed by atoms with Crippen LogP contribution in [0.25, 0.3) is 5.76 Å². The highest BCUT2D eigenvalue weighted by molar-refractivity contribution is 5.75. The fraction of sp³-hybridized carbons (Fsp3) is 0.100. The first-order chi connectivity index (χ1) is 6.09. The molecule has 0 N–H and O–H groups in total. The molecule has 13 heavy (non-hydrogen) atoms. The van der Waals surface area contributed by atoms with Crippen molar-refractivity contribution in [3.8, 4) is 0 Å². The van der Waals surface area contributed by atoms with Gasteiger partial charge < -0.3 is 4.74 Å². The lowest BCUT2D eigenvalue weighted by molar-refractivity contribution is -0.134. The van der Waals surface area contributed by atoms with E-state index in [0.717, 1.165) is 0 Å². The van der Waals surface area contributed by atoms with Gasteiger partial charge in [0.25, 0.3) is 0 Å². The second kappa shape index (κ2) is 3.85. The molecule has 0 aliphatic carbocycles. The van der Waals surface area contributed by atoms with Gasteiger partial charge >= 0.3 is 5.97 Å². The molecular formula is C10H9FO2. The maximum absolute atomic E-state index is 12.7. The highest BCUT2D eigenvalue weighted by Crippen LogP contribution is 2.14. The molecule has 0 heterocycles. The van der Waals surface area contributed by atoms with E-state index in [1.165, 1.54) is 25.1 Å². The van der Waals surface area contributed by atoms with E-state index in [9.17, 15) is 9.18 Å². The summed E-state index contributed by atoms with van der Waals surface area (Å²) in [6.45, 7) is 4.76. The monoisotopic (exact) mass is 180 g/mol. The minimum Gasteiger partial charge on any atom is -0.427 e. The maximum atomic E-state index is 12.7. The second-order valence-electron chi connectivity index (χ2n) is 2.53. The van der Waals surface area contributed by atoms with Gasteiger partial charge in [-0.1, -0.05) is 18.7 Å². The number of benzene rings is 1. The summed E-state index contributed by atoms with van der Waals surface area (Å²) < 4.78 is 17.4. The molecule has 1 aromatic rings. The van der Waals surface area contributed by atoms with Gasteiger partial charge in [-0.15, -0.1) is 0 Å².